The molecule has 0 radical (unpaired) electrons. The second-order valence-electron chi connectivity index (χ2n) is 16.5. The molecule has 4 amide bonds. The first-order valence-electron chi connectivity index (χ1n) is 20.3. The van der Waals surface area contributed by atoms with Crippen molar-refractivity contribution in [3.8, 4) is 11.8 Å². The minimum atomic E-state index is -0.955. The number of hydrogen-bond donors (Lipinski definition) is 1. The number of rotatable bonds is 8. The number of hydrogen-bond acceptors (Lipinski definition) is 9. The van der Waals surface area contributed by atoms with Crippen LogP contribution in [-0.2, 0) is 9.59 Å². The number of amides is 4. The van der Waals surface area contributed by atoms with Gasteiger partial charge in [-0.2, -0.15) is 5.26 Å². The number of nitrogens with zero attached hydrogens (tertiary/aromatic N) is 5. The second-order valence-corrected chi connectivity index (χ2v) is 16.9. The quantitative estimate of drug-likeness (QED) is 0.263. The molecule has 12 heteroatoms. The highest BCUT2D eigenvalue weighted by Crippen LogP contribution is 2.42. The number of ether oxygens (including phenoxy) is 1. The predicted molar refractivity (Wildman–Crippen MR) is 212 cm³/mol. The number of carbonyl (C=O) groups is 4. The molecule has 6 heterocycles. The summed E-state index contributed by atoms with van der Waals surface area (Å²) in [5.41, 5.74) is 4.60. The van der Waals surface area contributed by atoms with Gasteiger partial charge in [0.2, 0.25) is 11.8 Å². The van der Waals surface area contributed by atoms with Crippen molar-refractivity contribution in [1.29, 1.82) is 5.26 Å². The summed E-state index contributed by atoms with van der Waals surface area (Å²) in [7, 11) is 0. The number of halogens is 1. The van der Waals surface area contributed by atoms with Gasteiger partial charge in [-0.3, -0.25) is 29.4 Å². The van der Waals surface area contributed by atoms with Gasteiger partial charge in [-0.05, 0) is 124 Å². The van der Waals surface area contributed by atoms with Gasteiger partial charge < -0.3 is 19.4 Å². The number of likely N-dealkylation sites (tertiary alicyclic amines) is 1. The van der Waals surface area contributed by atoms with Crippen molar-refractivity contribution < 1.29 is 23.9 Å². The third-order valence-corrected chi connectivity index (χ3v) is 13.5. The summed E-state index contributed by atoms with van der Waals surface area (Å²) in [6.07, 6.45) is 9.16. The number of fused-ring (bicyclic) bond motifs is 3. The van der Waals surface area contributed by atoms with E-state index in [1.54, 1.807) is 12.1 Å². The van der Waals surface area contributed by atoms with E-state index >= 15 is 0 Å². The van der Waals surface area contributed by atoms with Crippen LogP contribution in [0, 0.1) is 17.2 Å². The zero-order chi connectivity index (χ0) is 38.5. The largest absolute Gasteiger partial charge is 0.490 e. The smallest absolute Gasteiger partial charge is 0.262 e. The molecule has 11 nitrogen and oxygen atoms in total. The summed E-state index contributed by atoms with van der Waals surface area (Å²) >= 11 is 6.37. The molecule has 0 spiro atoms. The highest BCUT2D eigenvalue weighted by molar-refractivity contribution is 6.32. The molecular formula is C44H47ClN6O5. The Hall–Kier alpha value is -4.92. The molecule has 5 saturated heterocycles. The molecule has 56 heavy (non-hydrogen) atoms. The third-order valence-electron chi connectivity index (χ3n) is 13.2. The molecule has 3 aromatic carbocycles. The molecule has 290 valence electrons. The number of piperidine rings is 4. The molecule has 0 saturated carbocycles. The highest BCUT2D eigenvalue weighted by Gasteiger charge is 2.45. The minimum absolute atomic E-state index is 0.106. The van der Waals surface area contributed by atoms with Gasteiger partial charge >= 0.3 is 0 Å². The Morgan fingerprint density at radius 2 is 1.46 bits per heavy atom. The summed E-state index contributed by atoms with van der Waals surface area (Å²) < 4.78 is 6.56. The van der Waals surface area contributed by atoms with E-state index in [0.29, 0.717) is 45.6 Å². The van der Waals surface area contributed by atoms with Crippen LogP contribution in [0.1, 0.15) is 102 Å². The van der Waals surface area contributed by atoms with E-state index in [1.807, 2.05) is 24.3 Å². The van der Waals surface area contributed by atoms with Gasteiger partial charge in [-0.1, -0.05) is 23.7 Å². The maximum Gasteiger partial charge on any atom is 0.262 e. The Kier molecular flexibility index (Phi) is 9.96. The lowest BCUT2D eigenvalue weighted by molar-refractivity contribution is -0.136. The first-order chi connectivity index (χ1) is 27.2. The molecule has 1 N–H and O–H groups in total. The van der Waals surface area contributed by atoms with Crippen molar-refractivity contribution in [1.82, 2.24) is 15.1 Å². The van der Waals surface area contributed by atoms with Crippen LogP contribution in [0.4, 0.5) is 11.4 Å². The van der Waals surface area contributed by atoms with Crippen molar-refractivity contribution in [2.75, 3.05) is 42.5 Å². The van der Waals surface area contributed by atoms with Gasteiger partial charge in [0.25, 0.3) is 11.8 Å². The van der Waals surface area contributed by atoms with Gasteiger partial charge in [-0.15, -0.1) is 0 Å². The van der Waals surface area contributed by atoms with Crippen molar-refractivity contribution in [2.45, 2.75) is 94.4 Å². The molecule has 5 fully saturated rings. The van der Waals surface area contributed by atoms with Gasteiger partial charge in [0, 0.05) is 62.4 Å². The average Bonchev–Trinajstić information content (AvgIpc) is 3.62. The molecule has 3 atom stereocenters. The van der Waals surface area contributed by atoms with E-state index in [2.05, 4.69) is 50.4 Å². The van der Waals surface area contributed by atoms with Crippen LogP contribution in [0.25, 0.3) is 0 Å². The number of carbonyl (C=O) groups excluding carboxylic acids is 4. The Morgan fingerprint density at radius 3 is 2.14 bits per heavy atom. The van der Waals surface area contributed by atoms with Gasteiger partial charge in [0.15, 0.2) is 0 Å². The molecule has 9 rings (SSSR count). The highest BCUT2D eigenvalue weighted by atomic mass is 35.5. The first-order valence-corrected chi connectivity index (χ1v) is 20.7. The van der Waals surface area contributed by atoms with Gasteiger partial charge in [-0.25, -0.2) is 0 Å². The summed E-state index contributed by atoms with van der Waals surface area (Å²) in [6, 6.07) is 22.1. The maximum absolute atomic E-state index is 13.3. The second kappa shape index (κ2) is 15.2. The Morgan fingerprint density at radius 1 is 0.768 bits per heavy atom. The van der Waals surface area contributed by atoms with E-state index in [4.69, 9.17) is 16.3 Å². The monoisotopic (exact) mass is 774 g/mol. The number of nitrogens with one attached hydrogen (secondary N) is 1. The Balaban J connectivity index is 0.724. The average molecular weight is 775 g/mol. The van der Waals surface area contributed by atoms with E-state index in [9.17, 15) is 24.4 Å². The lowest BCUT2D eigenvalue weighted by Crippen LogP contribution is -2.54. The molecule has 3 aromatic rings. The van der Waals surface area contributed by atoms with E-state index < -0.39 is 23.8 Å². The van der Waals surface area contributed by atoms with Crippen molar-refractivity contribution >= 4 is 46.6 Å². The van der Waals surface area contributed by atoms with Crippen LogP contribution < -0.4 is 19.9 Å². The molecular weight excluding hydrogens is 728 g/mol. The Bertz CT molecular complexity index is 2070. The lowest BCUT2D eigenvalue weighted by atomic mass is 9.88. The number of nitriles is 1. The number of benzene rings is 3. The van der Waals surface area contributed by atoms with E-state index in [1.165, 1.54) is 5.56 Å². The normalized spacial score (nSPS) is 26.0. The van der Waals surface area contributed by atoms with Crippen molar-refractivity contribution in [2.24, 2.45) is 5.92 Å². The summed E-state index contributed by atoms with van der Waals surface area (Å²) in [5.74, 6) is 0.218. The molecule has 2 bridgehead atoms. The van der Waals surface area contributed by atoms with Crippen LogP contribution in [0.5, 0.6) is 5.75 Å². The van der Waals surface area contributed by atoms with E-state index in [-0.39, 0.29) is 24.9 Å². The third kappa shape index (κ3) is 7.03. The van der Waals surface area contributed by atoms with Crippen LogP contribution in [-0.4, -0.2) is 90.4 Å². The molecule has 0 aromatic heterocycles. The van der Waals surface area contributed by atoms with Crippen LogP contribution in [0.3, 0.4) is 0 Å². The van der Waals surface area contributed by atoms with Crippen LogP contribution in [0.2, 0.25) is 5.02 Å². The first kappa shape index (κ1) is 36.7. The van der Waals surface area contributed by atoms with Crippen LogP contribution in [0.15, 0.2) is 60.7 Å². The molecule has 6 aliphatic heterocycles. The summed E-state index contributed by atoms with van der Waals surface area (Å²) in [4.78, 5) is 59.0. The standard InChI is InChI=1S/C44H47ClN6O5/c45-39-24-34(4-1-30(39)25-46)50-32-5-6-33(50)22-36(21-32)56-35-8-2-28(3-9-35)29-15-17-48(18-16-29)26-27-13-19-49(20-14-27)31-7-10-37-38(23-31)44(55)51(43(37)54)40-11-12-41(52)47-42(40)53/h1-4,7-10,23-24,27,29,32-33,36,40H,5-6,11-22,26H2,(H,47,52,53). The summed E-state index contributed by atoms with van der Waals surface area (Å²) in [5, 5.41) is 12.0. The van der Waals surface area contributed by atoms with Gasteiger partial charge in [0.05, 0.1) is 21.7 Å². The fourth-order valence-corrected chi connectivity index (χ4v) is 10.5. The lowest BCUT2D eigenvalue weighted by Gasteiger charge is -2.40. The summed E-state index contributed by atoms with van der Waals surface area (Å²) in [6.45, 7) is 5.07. The predicted octanol–water partition coefficient (Wildman–Crippen LogP) is 6.29. The fourth-order valence-electron chi connectivity index (χ4n) is 10.3. The zero-order valence-corrected chi connectivity index (χ0v) is 32.3. The minimum Gasteiger partial charge on any atom is -0.490 e. The maximum atomic E-state index is 13.3. The van der Waals surface area contributed by atoms with Crippen molar-refractivity contribution in [3.05, 3.63) is 87.9 Å². The SMILES string of the molecule is N#Cc1ccc(N2C3CCC2CC(Oc2ccc(C4CCN(CC5CCN(c6ccc7c(c6)C(=O)N(C6CCC(=O)NC6=O)C7=O)CC5)CC4)cc2)C3)cc1Cl. The van der Waals surface area contributed by atoms with Crippen molar-refractivity contribution in [3.63, 3.8) is 0 Å². The molecule has 6 aliphatic rings. The molecule has 0 aliphatic carbocycles. The number of imide groups is 2. The van der Waals surface area contributed by atoms with E-state index in [0.717, 1.165) is 106 Å². The Labute approximate surface area is 332 Å². The van der Waals surface area contributed by atoms with Crippen LogP contribution >= 0.6 is 11.6 Å². The van der Waals surface area contributed by atoms with Gasteiger partial charge in [0.1, 0.15) is 24.0 Å². The number of anilines is 2. The zero-order valence-electron chi connectivity index (χ0n) is 31.5. The topological polar surface area (TPSA) is 126 Å². The fraction of sp³-hybridized carbons (Fsp3) is 0.477. The molecule has 3 unspecified atom stereocenters.